The Kier molecular flexibility index (Phi) is 7.56. The van der Waals surface area contributed by atoms with Gasteiger partial charge in [-0.25, -0.2) is 0 Å². The molecule has 29 heavy (non-hydrogen) atoms. The van der Waals surface area contributed by atoms with Crippen molar-refractivity contribution < 1.29 is 4.79 Å². The molecule has 0 bridgehead atoms. The van der Waals surface area contributed by atoms with Crippen molar-refractivity contribution in [3.05, 3.63) is 64.1 Å². The van der Waals surface area contributed by atoms with Crippen molar-refractivity contribution in [2.45, 2.75) is 37.6 Å². The summed E-state index contributed by atoms with van der Waals surface area (Å²) in [5.74, 6) is 1.53. The quantitative estimate of drug-likeness (QED) is 0.280. The Morgan fingerprint density at radius 2 is 1.97 bits per heavy atom. The average Bonchev–Trinajstić information content (AvgIpc) is 3.45. The van der Waals surface area contributed by atoms with Gasteiger partial charge in [-0.3, -0.25) is 9.79 Å². The molecule has 4 rings (SSSR count). The number of hydrogen-bond donors (Lipinski definition) is 3. The predicted molar refractivity (Wildman–Crippen MR) is 132 cm³/mol. The number of fused-ring (bicyclic) bond motifs is 1. The summed E-state index contributed by atoms with van der Waals surface area (Å²) in [6, 6.07) is 17.0. The molecule has 1 heterocycles. The molecule has 2 aliphatic rings. The number of halogens is 2. The van der Waals surface area contributed by atoms with Crippen molar-refractivity contribution in [2.24, 2.45) is 4.99 Å². The smallest absolute Gasteiger partial charge is 0.225 e. The van der Waals surface area contributed by atoms with Gasteiger partial charge >= 0.3 is 0 Å². The first-order chi connectivity index (χ1) is 13.6. The van der Waals surface area contributed by atoms with Crippen molar-refractivity contribution in [1.29, 1.82) is 0 Å². The fraction of sp³-hybridized carbons (Fsp3) is 0.364. The minimum atomic E-state index is 0. The van der Waals surface area contributed by atoms with Gasteiger partial charge in [0.25, 0.3) is 0 Å². The topological polar surface area (TPSA) is 65.5 Å². The minimum absolute atomic E-state index is 0. The highest BCUT2D eigenvalue weighted by Gasteiger charge is 2.39. The molecular formula is C22H26BrIN4O. The molecule has 2 aromatic rings. The van der Waals surface area contributed by atoms with E-state index in [0.29, 0.717) is 24.9 Å². The number of aliphatic imine (C=N–C) groups is 1. The fourth-order valence-corrected chi connectivity index (χ4v) is 4.06. The minimum Gasteiger partial charge on any atom is -0.357 e. The molecule has 3 N–H and O–H groups in total. The van der Waals surface area contributed by atoms with Crippen LogP contribution in [-0.4, -0.2) is 31.0 Å². The molecule has 0 saturated heterocycles. The van der Waals surface area contributed by atoms with Crippen LogP contribution in [0.3, 0.4) is 0 Å². The van der Waals surface area contributed by atoms with Crippen LogP contribution in [0.5, 0.6) is 0 Å². The molecule has 0 radical (unpaired) electrons. The Bertz CT molecular complexity index is 887. The van der Waals surface area contributed by atoms with Gasteiger partial charge in [0.1, 0.15) is 0 Å². The molecule has 1 aliphatic carbocycles. The highest BCUT2D eigenvalue weighted by Crippen LogP contribution is 2.41. The van der Waals surface area contributed by atoms with Crippen LogP contribution < -0.4 is 16.0 Å². The number of nitrogens with zero attached hydrogens (tertiary/aromatic N) is 1. The predicted octanol–water partition coefficient (Wildman–Crippen LogP) is 4.60. The molecule has 3 unspecified atom stereocenters. The summed E-state index contributed by atoms with van der Waals surface area (Å²) in [5.41, 5.74) is 3.43. The third-order valence-corrected chi connectivity index (χ3v) is 5.86. The van der Waals surface area contributed by atoms with Gasteiger partial charge in [-0.2, -0.15) is 0 Å². The lowest BCUT2D eigenvalue weighted by molar-refractivity contribution is -0.116. The molecule has 1 aliphatic heterocycles. The second kappa shape index (κ2) is 9.93. The van der Waals surface area contributed by atoms with Gasteiger partial charge in [0.2, 0.25) is 5.91 Å². The number of guanidine groups is 1. The fourth-order valence-electron chi connectivity index (χ4n) is 3.79. The van der Waals surface area contributed by atoms with E-state index in [4.69, 9.17) is 4.99 Å². The maximum absolute atomic E-state index is 12.0. The zero-order valence-corrected chi connectivity index (χ0v) is 20.2. The van der Waals surface area contributed by atoms with Crippen molar-refractivity contribution in [1.82, 2.24) is 10.6 Å². The van der Waals surface area contributed by atoms with Crippen LogP contribution in [-0.2, 0) is 4.79 Å². The number of benzene rings is 2. The zero-order valence-electron chi connectivity index (χ0n) is 16.3. The van der Waals surface area contributed by atoms with Crippen LogP contribution in [0.1, 0.15) is 42.7 Å². The second-order valence-electron chi connectivity index (χ2n) is 7.40. The van der Waals surface area contributed by atoms with Gasteiger partial charge in [-0.1, -0.05) is 46.3 Å². The molecule has 1 fully saturated rings. The van der Waals surface area contributed by atoms with E-state index < -0.39 is 0 Å². The molecule has 154 valence electrons. The van der Waals surface area contributed by atoms with Gasteiger partial charge in [0.15, 0.2) is 5.96 Å². The van der Waals surface area contributed by atoms with E-state index in [1.165, 1.54) is 11.1 Å². The summed E-state index contributed by atoms with van der Waals surface area (Å²) in [6.07, 6.45) is 1.59. The first-order valence-corrected chi connectivity index (χ1v) is 10.6. The Morgan fingerprint density at radius 3 is 2.72 bits per heavy atom. The highest BCUT2D eigenvalue weighted by molar-refractivity contribution is 14.0. The molecular weight excluding hydrogens is 543 g/mol. The van der Waals surface area contributed by atoms with Gasteiger partial charge < -0.3 is 16.0 Å². The monoisotopic (exact) mass is 568 g/mol. The van der Waals surface area contributed by atoms with Gasteiger partial charge in [-0.15, -0.1) is 24.0 Å². The standard InChI is InChI=1S/C22H25BrN4O.HI/c1-2-24-22(27-20-12-18(20)14-7-9-16(23)10-8-14)25-13-15-11-21(28)26-19-6-4-3-5-17(15)19;/h3-10,15,18,20H,2,11-13H2,1H3,(H,26,28)(H2,24,25,27);1H. The molecule has 1 amide bonds. The first kappa shape index (κ1) is 22.1. The van der Waals surface area contributed by atoms with E-state index in [1.54, 1.807) is 0 Å². The number of para-hydroxylation sites is 1. The number of anilines is 1. The van der Waals surface area contributed by atoms with E-state index in [1.807, 2.05) is 18.2 Å². The van der Waals surface area contributed by atoms with Crippen molar-refractivity contribution >= 4 is 57.5 Å². The summed E-state index contributed by atoms with van der Waals surface area (Å²) in [7, 11) is 0. The average molecular weight is 569 g/mol. The van der Waals surface area contributed by atoms with E-state index in [2.05, 4.69) is 69.1 Å². The number of amides is 1. The molecule has 1 saturated carbocycles. The Balaban J connectivity index is 0.00000240. The number of hydrogen-bond acceptors (Lipinski definition) is 2. The summed E-state index contributed by atoms with van der Waals surface area (Å²) < 4.78 is 1.10. The van der Waals surface area contributed by atoms with Crippen LogP contribution >= 0.6 is 39.9 Å². The lowest BCUT2D eigenvalue weighted by Gasteiger charge is -2.24. The van der Waals surface area contributed by atoms with Gasteiger partial charge in [0.05, 0.1) is 6.54 Å². The third kappa shape index (κ3) is 5.51. The van der Waals surface area contributed by atoms with Crippen molar-refractivity contribution in [2.75, 3.05) is 18.4 Å². The van der Waals surface area contributed by atoms with Crippen LogP contribution in [0, 0.1) is 0 Å². The second-order valence-corrected chi connectivity index (χ2v) is 8.32. The van der Waals surface area contributed by atoms with Gasteiger partial charge in [0, 0.05) is 41.0 Å². The number of nitrogens with one attached hydrogen (secondary N) is 3. The Morgan fingerprint density at radius 1 is 1.21 bits per heavy atom. The number of carbonyl (C=O) groups is 1. The number of carbonyl (C=O) groups excluding carboxylic acids is 1. The van der Waals surface area contributed by atoms with Gasteiger partial charge in [-0.05, 0) is 42.7 Å². The molecule has 7 heteroatoms. The largest absolute Gasteiger partial charge is 0.357 e. The van der Waals surface area contributed by atoms with Crippen LogP contribution in [0.2, 0.25) is 0 Å². The first-order valence-electron chi connectivity index (χ1n) is 9.83. The molecule has 0 aromatic heterocycles. The summed E-state index contributed by atoms with van der Waals surface area (Å²) in [5, 5.41) is 9.85. The maximum Gasteiger partial charge on any atom is 0.225 e. The van der Waals surface area contributed by atoms with E-state index in [-0.39, 0.29) is 35.8 Å². The summed E-state index contributed by atoms with van der Waals surface area (Å²) in [6.45, 7) is 3.47. The summed E-state index contributed by atoms with van der Waals surface area (Å²) >= 11 is 3.49. The SMILES string of the molecule is CCNC(=NCC1CC(=O)Nc2ccccc21)NC1CC1c1ccc(Br)cc1.I. The van der Waals surface area contributed by atoms with Crippen LogP contribution in [0.15, 0.2) is 58.0 Å². The molecule has 5 nitrogen and oxygen atoms in total. The maximum atomic E-state index is 12.0. The summed E-state index contributed by atoms with van der Waals surface area (Å²) in [4.78, 5) is 16.8. The van der Waals surface area contributed by atoms with E-state index >= 15 is 0 Å². The molecule has 3 atom stereocenters. The van der Waals surface area contributed by atoms with E-state index in [0.717, 1.165) is 29.1 Å². The lowest BCUT2D eigenvalue weighted by atomic mass is 9.91. The van der Waals surface area contributed by atoms with Crippen LogP contribution in [0.4, 0.5) is 5.69 Å². The van der Waals surface area contributed by atoms with Crippen molar-refractivity contribution in [3.8, 4) is 0 Å². The molecule has 2 aromatic carbocycles. The lowest BCUT2D eigenvalue weighted by Crippen LogP contribution is -2.39. The third-order valence-electron chi connectivity index (χ3n) is 5.33. The normalized spacial score (nSPS) is 22.8. The van der Waals surface area contributed by atoms with E-state index in [9.17, 15) is 4.79 Å². The van der Waals surface area contributed by atoms with Crippen molar-refractivity contribution in [3.63, 3.8) is 0 Å². The Hall–Kier alpha value is -1.61. The highest BCUT2D eigenvalue weighted by atomic mass is 127. The van der Waals surface area contributed by atoms with Crippen LogP contribution in [0.25, 0.3) is 0 Å². The Labute approximate surface area is 197 Å². The zero-order chi connectivity index (χ0) is 19.5. The number of rotatable bonds is 5. The molecule has 0 spiro atoms.